The molecule has 0 radical (unpaired) electrons. The van der Waals surface area contributed by atoms with Crippen molar-refractivity contribution in [2.24, 2.45) is 7.05 Å². The predicted octanol–water partition coefficient (Wildman–Crippen LogP) is 20.7. The Morgan fingerprint density at radius 2 is 1.00 bits per heavy atom. The van der Waals surface area contributed by atoms with Gasteiger partial charge < -0.3 is 14.6 Å². The minimum absolute atomic E-state index is 0.267. The summed E-state index contributed by atoms with van der Waals surface area (Å²) in [6.07, 6.45) is 3.83. The van der Waals surface area contributed by atoms with Gasteiger partial charge in [-0.25, -0.2) is 0 Å². The standard InChI is InChI=1S/C57H45NO.C14H13N.C7H8/c1-37-25-34-51-52(35-37)57(43-30-32-45(59)33-31-43,42-28-26-40(27-29-42)39-14-10-15-39)53-36-55(49-20-8-9-21-50(49)56(51)53)58(44-17-4-3-5-18-44)54-24-12-22-46(38(54)2)48-23-11-16-41-13-6-7-19-47(41)48;1-10-7-8-12-11-5-3-4-6-13(11)15(2)14(12)9-10;1-7-5-3-2-4-6-7/h3-9,11-13,16-36,39,59H,10,14-15H2,1-2H3;3-9H,1-2H3;2-6H,1H3. The van der Waals surface area contributed by atoms with E-state index in [4.69, 9.17) is 0 Å². The molecule has 0 amide bonds. The molecule has 15 rings (SSSR count). The quantitative estimate of drug-likeness (QED) is 0.172. The Hall–Kier alpha value is -9.44. The average molecular weight is 1050 g/mol. The van der Waals surface area contributed by atoms with Crippen LogP contribution in [-0.4, -0.2) is 9.67 Å². The number of phenols is 1. The molecule has 0 bridgehead atoms. The summed E-state index contributed by atoms with van der Waals surface area (Å²) in [4.78, 5) is 2.49. The van der Waals surface area contributed by atoms with Crippen molar-refractivity contribution in [1.82, 2.24) is 4.57 Å². The van der Waals surface area contributed by atoms with Crippen LogP contribution in [0.15, 0.2) is 261 Å². The Morgan fingerprint density at radius 1 is 0.420 bits per heavy atom. The first-order valence-corrected chi connectivity index (χ1v) is 28.6. The fourth-order valence-corrected chi connectivity index (χ4v) is 13.1. The molecule has 394 valence electrons. The highest BCUT2D eigenvalue weighted by atomic mass is 16.3. The highest BCUT2D eigenvalue weighted by Gasteiger charge is 2.48. The van der Waals surface area contributed by atoms with E-state index < -0.39 is 5.41 Å². The number of phenolic OH excluding ortho intramolecular Hbond substituents is 1. The molecular formula is C78H66N2O. The summed E-state index contributed by atoms with van der Waals surface area (Å²) in [5.74, 6) is 0.907. The van der Waals surface area contributed by atoms with E-state index in [0.717, 1.165) is 22.6 Å². The normalized spacial score (nSPS) is 14.4. The lowest BCUT2D eigenvalue weighted by Gasteiger charge is -2.36. The lowest BCUT2D eigenvalue weighted by molar-refractivity contribution is 0.419. The summed E-state index contributed by atoms with van der Waals surface area (Å²) < 4.78 is 2.26. The van der Waals surface area contributed by atoms with E-state index in [1.165, 1.54) is 129 Å². The fourth-order valence-electron chi connectivity index (χ4n) is 13.1. The fraction of sp³-hybridized carbons (Fsp3) is 0.128. The predicted molar refractivity (Wildman–Crippen MR) is 343 cm³/mol. The molecule has 1 atom stereocenters. The zero-order valence-electron chi connectivity index (χ0n) is 46.9. The second-order valence-corrected chi connectivity index (χ2v) is 22.4. The van der Waals surface area contributed by atoms with Crippen LogP contribution in [0.5, 0.6) is 5.75 Å². The molecule has 13 aromatic rings. The molecule has 0 spiro atoms. The van der Waals surface area contributed by atoms with E-state index in [1.807, 2.05) is 30.3 Å². The lowest BCUT2D eigenvalue weighted by Crippen LogP contribution is -2.29. The van der Waals surface area contributed by atoms with Gasteiger partial charge in [-0.05, 0) is 172 Å². The summed E-state index contributed by atoms with van der Waals surface area (Å²) in [6, 6.07) is 94.4. The largest absolute Gasteiger partial charge is 0.508 e. The van der Waals surface area contributed by atoms with E-state index in [0.29, 0.717) is 5.92 Å². The van der Waals surface area contributed by atoms with Crippen molar-refractivity contribution in [1.29, 1.82) is 0 Å². The van der Waals surface area contributed by atoms with Crippen molar-refractivity contribution in [2.45, 2.75) is 58.3 Å². The summed E-state index contributed by atoms with van der Waals surface area (Å²) in [7, 11) is 2.13. The SMILES string of the molecule is Cc1ccc2c(c1)C(c1ccc(O)cc1)(c1ccc(C3CCC3)cc1)c1cc(N(c3ccccc3)c3cccc(-c4cccc5ccccc45)c3C)c3ccccc3c1-2.Cc1ccc2c3ccccc3n(C)c2c1.Cc1ccccc1. The molecule has 3 nitrogen and oxygen atoms in total. The van der Waals surface area contributed by atoms with Gasteiger partial charge in [0.05, 0.1) is 11.1 Å². The van der Waals surface area contributed by atoms with E-state index in [9.17, 15) is 5.11 Å². The van der Waals surface area contributed by atoms with Gasteiger partial charge in [0.25, 0.3) is 0 Å². The van der Waals surface area contributed by atoms with E-state index in [-0.39, 0.29) is 5.75 Å². The molecule has 12 aromatic carbocycles. The number of nitrogens with zero attached hydrogens (tertiary/aromatic N) is 2. The molecule has 3 heteroatoms. The minimum Gasteiger partial charge on any atom is -0.508 e. The van der Waals surface area contributed by atoms with Gasteiger partial charge in [0, 0.05) is 45.6 Å². The van der Waals surface area contributed by atoms with Gasteiger partial charge in [-0.2, -0.15) is 0 Å². The van der Waals surface area contributed by atoms with Crippen molar-refractivity contribution >= 4 is 60.4 Å². The molecule has 1 aromatic heterocycles. The third-order valence-corrected chi connectivity index (χ3v) is 17.4. The summed E-state index contributed by atoms with van der Waals surface area (Å²) in [5.41, 5.74) is 21.7. The van der Waals surface area contributed by atoms with Crippen LogP contribution in [0.25, 0.3) is 65.6 Å². The molecule has 0 saturated heterocycles. The number of aryl methyl sites for hydroxylation is 4. The zero-order chi connectivity index (χ0) is 55.2. The van der Waals surface area contributed by atoms with Gasteiger partial charge >= 0.3 is 0 Å². The Kier molecular flexibility index (Phi) is 13.4. The summed E-state index contributed by atoms with van der Waals surface area (Å²) >= 11 is 0. The second-order valence-electron chi connectivity index (χ2n) is 22.4. The van der Waals surface area contributed by atoms with Gasteiger partial charge in [-0.1, -0.05) is 230 Å². The van der Waals surface area contributed by atoms with E-state index in [2.05, 4.69) is 275 Å². The van der Waals surface area contributed by atoms with Crippen LogP contribution in [0.4, 0.5) is 17.1 Å². The number of rotatable bonds is 7. The van der Waals surface area contributed by atoms with Crippen LogP contribution >= 0.6 is 0 Å². The molecule has 1 saturated carbocycles. The Balaban J connectivity index is 0.000000232. The molecule has 2 aliphatic rings. The first-order chi connectivity index (χ1) is 39.7. The van der Waals surface area contributed by atoms with Crippen LogP contribution in [0.1, 0.15) is 75.3 Å². The average Bonchev–Trinajstić information content (AvgIpc) is 3.90. The zero-order valence-corrected chi connectivity index (χ0v) is 46.9. The van der Waals surface area contributed by atoms with Gasteiger partial charge in [-0.3, -0.25) is 0 Å². The highest BCUT2D eigenvalue weighted by Crippen LogP contribution is 2.60. The molecule has 1 N–H and O–H groups in total. The van der Waals surface area contributed by atoms with Crippen molar-refractivity contribution in [2.75, 3.05) is 4.90 Å². The number of aromatic nitrogens is 1. The van der Waals surface area contributed by atoms with E-state index >= 15 is 0 Å². The first kappa shape index (κ1) is 51.0. The van der Waals surface area contributed by atoms with Crippen molar-refractivity contribution in [3.63, 3.8) is 0 Å². The lowest BCUT2D eigenvalue weighted by atomic mass is 9.66. The summed E-state index contributed by atoms with van der Waals surface area (Å²) in [6.45, 7) is 8.70. The number of hydrogen-bond donors (Lipinski definition) is 1. The molecule has 2 aliphatic carbocycles. The molecule has 0 aliphatic heterocycles. The van der Waals surface area contributed by atoms with Crippen molar-refractivity contribution < 1.29 is 5.11 Å². The van der Waals surface area contributed by atoms with Crippen molar-refractivity contribution in [3.05, 3.63) is 311 Å². The van der Waals surface area contributed by atoms with Crippen LogP contribution in [0.2, 0.25) is 0 Å². The Bertz CT molecular complexity index is 4430. The summed E-state index contributed by atoms with van der Waals surface area (Å²) in [5, 5.41) is 18.3. The molecular weight excluding hydrogens is 981 g/mol. The third kappa shape index (κ3) is 9.04. The Labute approximate surface area is 476 Å². The van der Waals surface area contributed by atoms with Gasteiger partial charge in [0.1, 0.15) is 5.75 Å². The maximum atomic E-state index is 10.7. The van der Waals surface area contributed by atoms with Crippen LogP contribution in [0, 0.1) is 27.7 Å². The first-order valence-electron chi connectivity index (χ1n) is 28.6. The number of fused-ring (bicyclic) bond motifs is 9. The topological polar surface area (TPSA) is 28.4 Å². The van der Waals surface area contributed by atoms with Gasteiger partial charge in [0.15, 0.2) is 0 Å². The number of anilines is 3. The number of benzene rings is 12. The number of aromatic hydroxyl groups is 1. The Morgan fingerprint density at radius 3 is 1.70 bits per heavy atom. The van der Waals surface area contributed by atoms with Crippen molar-refractivity contribution in [3.8, 4) is 28.0 Å². The maximum absolute atomic E-state index is 10.7. The van der Waals surface area contributed by atoms with Gasteiger partial charge in [-0.15, -0.1) is 0 Å². The smallest absolute Gasteiger partial charge is 0.115 e. The second kappa shape index (κ2) is 21.3. The molecule has 1 fully saturated rings. The van der Waals surface area contributed by atoms with Crippen LogP contribution in [0.3, 0.4) is 0 Å². The van der Waals surface area contributed by atoms with Crippen LogP contribution < -0.4 is 4.90 Å². The molecule has 81 heavy (non-hydrogen) atoms. The molecule has 1 unspecified atom stereocenters. The monoisotopic (exact) mass is 1050 g/mol. The van der Waals surface area contributed by atoms with E-state index in [1.54, 1.807) is 0 Å². The molecule has 1 heterocycles. The maximum Gasteiger partial charge on any atom is 0.115 e. The highest BCUT2D eigenvalue weighted by molar-refractivity contribution is 6.12. The van der Waals surface area contributed by atoms with Crippen LogP contribution in [-0.2, 0) is 12.5 Å². The minimum atomic E-state index is -0.649. The third-order valence-electron chi connectivity index (χ3n) is 17.4. The number of para-hydroxylation sites is 2. The van der Waals surface area contributed by atoms with Gasteiger partial charge in [0.2, 0.25) is 0 Å². The number of hydrogen-bond acceptors (Lipinski definition) is 2.